The second-order valence-corrected chi connectivity index (χ2v) is 5.27. The molecule has 19 heavy (non-hydrogen) atoms. The van der Waals surface area contributed by atoms with Crippen LogP contribution in [0.2, 0.25) is 0 Å². The lowest BCUT2D eigenvalue weighted by Gasteiger charge is -2.11. The van der Waals surface area contributed by atoms with E-state index >= 15 is 0 Å². The molecule has 4 nitrogen and oxygen atoms in total. The van der Waals surface area contributed by atoms with Crippen LogP contribution >= 0.6 is 11.3 Å². The molecule has 102 valence electrons. The molecule has 0 unspecified atom stereocenters. The van der Waals surface area contributed by atoms with Crippen molar-refractivity contribution in [3.63, 3.8) is 0 Å². The Hall–Kier alpha value is -1.46. The number of methoxy groups -OCH3 is 1. The van der Waals surface area contributed by atoms with Gasteiger partial charge in [-0.05, 0) is 18.9 Å². The van der Waals surface area contributed by atoms with Gasteiger partial charge in [-0.3, -0.25) is 0 Å². The topological polar surface area (TPSA) is 47.0 Å². The smallest absolute Gasteiger partial charge is 0.212 e. The van der Waals surface area contributed by atoms with E-state index in [2.05, 4.69) is 34.5 Å². The van der Waals surface area contributed by atoms with E-state index in [1.807, 2.05) is 18.3 Å². The number of ether oxygens (including phenoxy) is 1. The van der Waals surface area contributed by atoms with Crippen molar-refractivity contribution in [3.05, 3.63) is 40.0 Å². The zero-order valence-corrected chi connectivity index (χ0v) is 12.3. The number of rotatable bonds is 6. The van der Waals surface area contributed by atoms with Crippen molar-refractivity contribution in [2.75, 3.05) is 7.11 Å². The average Bonchev–Trinajstić information content (AvgIpc) is 2.94. The summed E-state index contributed by atoms with van der Waals surface area (Å²) in [5, 5.41) is 6.77. The molecule has 0 spiro atoms. The SMILES string of the molecule is CCc1nc([C@@H](C)NCc2ccc(OC)nc2)cs1. The van der Waals surface area contributed by atoms with Gasteiger partial charge in [0.15, 0.2) is 0 Å². The van der Waals surface area contributed by atoms with Crippen LogP contribution in [0.1, 0.15) is 36.2 Å². The fourth-order valence-corrected chi connectivity index (χ4v) is 2.54. The van der Waals surface area contributed by atoms with E-state index in [-0.39, 0.29) is 6.04 Å². The molecule has 0 saturated heterocycles. The van der Waals surface area contributed by atoms with Crippen molar-refractivity contribution >= 4 is 11.3 Å². The lowest BCUT2D eigenvalue weighted by Crippen LogP contribution is -2.18. The molecule has 0 saturated carbocycles. The zero-order chi connectivity index (χ0) is 13.7. The highest BCUT2D eigenvalue weighted by molar-refractivity contribution is 7.09. The molecule has 0 fully saturated rings. The first kappa shape index (κ1) is 14.0. The molecule has 1 N–H and O–H groups in total. The van der Waals surface area contributed by atoms with E-state index in [4.69, 9.17) is 4.74 Å². The van der Waals surface area contributed by atoms with Gasteiger partial charge < -0.3 is 10.1 Å². The molecule has 2 aromatic rings. The van der Waals surface area contributed by atoms with E-state index in [0.717, 1.165) is 24.2 Å². The standard InChI is InChI=1S/C14H19N3OS/c1-4-14-17-12(9-19-14)10(2)15-7-11-5-6-13(18-3)16-8-11/h5-6,8-10,15H,4,7H2,1-3H3/t10-/m1/s1. The molecule has 2 aromatic heterocycles. The summed E-state index contributed by atoms with van der Waals surface area (Å²) in [6, 6.07) is 4.14. The summed E-state index contributed by atoms with van der Waals surface area (Å²) in [4.78, 5) is 8.78. The van der Waals surface area contributed by atoms with Crippen molar-refractivity contribution in [2.45, 2.75) is 32.9 Å². The van der Waals surface area contributed by atoms with Crippen LogP contribution in [-0.4, -0.2) is 17.1 Å². The van der Waals surface area contributed by atoms with Crippen LogP contribution in [0.4, 0.5) is 0 Å². The predicted molar refractivity (Wildman–Crippen MR) is 77.5 cm³/mol. The lowest BCUT2D eigenvalue weighted by molar-refractivity contribution is 0.397. The summed E-state index contributed by atoms with van der Waals surface area (Å²) in [5.74, 6) is 0.642. The third-order valence-corrected chi connectivity index (χ3v) is 3.95. The van der Waals surface area contributed by atoms with Gasteiger partial charge in [0, 0.05) is 30.2 Å². The van der Waals surface area contributed by atoms with Crippen molar-refractivity contribution in [3.8, 4) is 5.88 Å². The number of pyridine rings is 1. The Bertz CT molecular complexity index is 510. The highest BCUT2D eigenvalue weighted by atomic mass is 32.1. The van der Waals surface area contributed by atoms with Gasteiger partial charge in [0.2, 0.25) is 5.88 Å². The molecule has 2 rings (SSSR count). The number of aryl methyl sites for hydroxylation is 1. The maximum atomic E-state index is 5.04. The van der Waals surface area contributed by atoms with Gasteiger partial charge in [0.1, 0.15) is 0 Å². The monoisotopic (exact) mass is 277 g/mol. The minimum Gasteiger partial charge on any atom is -0.481 e. The highest BCUT2D eigenvalue weighted by Crippen LogP contribution is 2.17. The predicted octanol–water partition coefficient (Wildman–Crippen LogP) is 2.96. The molecule has 0 aliphatic carbocycles. The van der Waals surface area contributed by atoms with Crippen molar-refractivity contribution in [1.82, 2.24) is 15.3 Å². The van der Waals surface area contributed by atoms with E-state index in [1.54, 1.807) is 18.4 Å². The number of thiazole rings is 1. The molecule has 2 heterocycles. The summed E-state index contributed by atoms with van der Waals surface area (Å²) in [6.07, 6.45) is 2.83. The number of nitrogens with zero attached hydrogens (tertiary/aromatic N) is 2. The minimum absolute atomic E-state index is 0.249. The first-order valence-corrected chi connectivity index (χ1v) is 7.27. The maximum absolute atomic E-state index is 5.04. The third kappa shape index (κ3) is 3.75. The van der Waals surface area contributed by atoms with Gasteiger partial charge in [-0.25, -0.2) is 9.97 Å². The van der Waals surface area contributed by atoms with Gasteiger partial charge in [0.05, 0.1) is 17.8 Å². The second-order valence-electron chi connectivity index (χ2n) is 4.33. The lowest BCUT2D eigenvalue weighted by atomic mass is 10.2. The van der Waals surface area contributed by atoms with Gasteiger partial charge >= 0.3 is 0 Å². The van der Waals surface area contributed by atoms with Crippen LogP contribution < -0.4 is 10.1 Å². The Morgan fingerprint density at radius 2 is 2.26 bits per heavy atom. The third-order valence-electron chi connectivity index (χ3n) is 2.93. The average molecular weight is 277 g/mol. The summed E-state index contributed by atoms with van der Waals surface area (Å²) in [5.41, 5.74) is 2.25. The van der Waals surface area contributed by atoms with Gasteiger partial charge in [0.25, 0.3) is 0 Å². The second kappa shape index (κ2) is 6.63. The summed E-state index contributed by atoms with van der Waals surface area (Å²) < 4.78 is 5.04. The minimum atomic E-state index is 0.249. The Morgan fingerprint density at radius 3 is 2.84 bits per heavy atom. The molecule has 0 radical (unpaired) electrons. The Labute approximate surface area is 117 Å². The number of aromatic nitrogens is 2. The van der Waals surface area contributed by atoms with Crippen LogP contribution in [0, 0.1) is 0 Å². The van der Waals surface area contributed by atoms with Crippen molar-refractivity contribution in [1.29, 1.82) is 0 Å². The van der Waals surface area contributed by atoms with Crippen LogP contribution in [0.5, 0.6) is 5.88 Å². The fraction of sp³-hybridized carbons (Fsp3) is 0.429. The van der Waals surface area contributed by atoms with Gasteiger partial charge in [-0.2, -0.15) is 0 Å². The van der Waals surface area contributed by atoms with E-state index in [1.165, 1.54) is 5.01 Å². The fourth-order valence-electron chi connectivity index (χ4n) is 1.70. The number of nitrogens with one attached hydrogen (secondary N) is 1. The highest BCUT2D eigenvalue weighted by Gasteiger charge is 2.09. The molecule has 0 aromatic carbocycles. The first-order valence-electron chi connectivity index (χ1n) is 6.39. The van der Waals surface area contributed by atoms with E-state index in [9.17, 15) is 0 Å². The number of hydrogen-bond acceptors (Lipinski definition) is 5. The van der Waals surface area contributed by atoms with Crippen LogP contribution in [-0.2, 0) is 13.0 Å². The normalized spacial score (nSPS) is 12.4. The molecule has 1 atom stereocenters. The molecule has 0 aliphatic rings. The van der Waals surface area contributed by atoms with Crippen molar-refractivity contribution < 1.29 is 4.74 Å². The Morgan fingerprint density at radius 1 is 1.42 bits per heavy atom. The summed E-state index contributed by atoms with van der Waals surface area (Å²) in [6.45, 7) is 5.03. The molecular formula is C14H19N3OS. The van der Waals surface area contributed by atoms with Crippen LogP contribution in [0.15, 0.2) is 23.7 Å². The summed E-state index contributed by atoms with van der Waals surface area (Å²) in [7, 11) is 1.62. The molecule has 5 heteroatoms. The molecule has 0 bridgehead atoms. The Balaban J connectivity index is 1.90. The van der Waals surface area contributed by atoms with Crippen LogP contribution in [0.3, 0.4) is 0 Å². The quantitative estimate of drug-likeness (QED) is 0.882. The molecule has 0 amide bonds. The number of hydrogen-bond donors (Lipinski definition) is 1. The van der Waals surface area contributed by atoms with Gasteiger partial charge in [-0.15, -0.1) is 11.3 Å². The van der Waals surface area contributed by atoms with Gasteiger partial charge in [-0.1, -0.05) is 13.0 Å². The van der Waals surface area contributed by atoms with Crippen LogP contribution in [0.25, 0.3) is 0 Å². The van der Waals surface area contributed by atoms with E-state index < -0.39 is 0 Å². The largest absolute Gasteiger partial charge is 0.481 e. The maximum Gasteiger partial charge on any atom is 0.212 e. The summed E-state index contributed by atoms with van der Waals surface area (Å²) >= 11 is 1.72. The Kier molecular flexibility index (Phi) is 4.87. The van der Waals surface area contributed by atoms with E-state index in [0.29, 0.717) is 5.88 Å². The molecule has 0 aliphatic heterocycles. The zero-order valence-electron chi connectivity index (χ0n) is 11.5. The van der Waals surface area contributed by atoms with Crippen molar-refractivity contribution in [2.24, 2.45) is 0 Å². The first-order chi connectivity index (χ1) is 9.22. The molecular weight excluding hydrogens is 258 g/mol.